The van der Waals surface area contributed by atoms with Crippen molar-refractivity contribution in [3.8, 4) is 11.5 Å². The Hall–Kier alpha value is -2.83. The van der Waals surface area contributed by atoms with E-state index in [0.29, 0.717) is 0 Å². The third-order valence-corrected chi connectivity index (χ3v) is 4.00. The first-order valence-corrected chi connectivity index (χ1v) is 7.70. The Bertz CT molecular complexity index is 785. The van der Waals surface area contributed by atoms with Gasteiger partial charge in [-0.25, -0.2) is 24.9 Å². The Morgan fingerprint density at radius 2 is 2.00 bits per heavy atom. The first kappa shape index (κ1) is 13.8. The van der Waals surface area contributed by atoms with Gasteiger partial charge in [0.05, 0.1) is 11.7 Å². The number of nitrogens with zero attached hydrogens (tertiary/aromatic N) is 6. The normalized spacial score (nSPS) is 17.6. The maximum absolute atomic E-state index is 4.65. The number of imidazole rings is 1. The van der Waals surface area contributed by atoms with E-state index >= 15 is 0 Å². The lowest BCUT2D eigenvalue weighted by molar-refractivity contribution is 0.673. The molecule has 116 valence electrons. The summed E-state index contributed by atoms with van der Waals surface area (Å²) in [6.07, 6.45) is 9.21. The second-order valence-electron chi connectivity index (χ2n) is 5.56. The predicted octanol–water partition coefficient (Wildman–Crippen LogP) is 2.31. The average Bonchev–Trinajstić information content (AvgIpc) is 3.27. The lowest BCUT2D eigenvalue weighted by Gasteiger charge is -2.24. The average molecular weight is 307 g/mol. The zero-order valence-corrected chi connectivity index (χ0v) is 12.8. The Kier molecular flexibility index (Phi) is 3.45. The van der Waals surface area contributed by atoms with Crippen molar-refractivity contribution in [2.45, 2.75) is 25.8 Å². The number of aryl methyl sites for hydroxylation is 1. The number of H-pyrrole nitrogens is 1. The molecule has 0 saturated carbocycles. The molecule has 0 radical (unpaired) electrons. The van der Waals surface area contributed by atoms with Crippen LogP contribution in [0.3, 0.4) is 0 Å². The molecule has 1 aliphatic heterocycles. The molecule has 4 rings (SSSR count). The van der Waals surface area contributed by atoms with Gasteiger partial charge in [-0.2, -0.15) is 0 Å². The Morgan fingerprint density at radius 1 is 1.13 bits per heavy atom. The van der Waals surface area contributed by atoms with Crippen LogP contribution < -0.4 is 4.90 Å². The third-order valence-electron chi connectivity index (χ3n) is 4.00. The van der Waals surface area contributed by atoms with Gasteiger partial charge in [-0.15, -0.1) is 0 Å². The van der Waals surface area contributed by atoms with Crippen LogP contribution in [-0.4, -0.2) is 36.4 Å². The molecule has 3 aromatic rings. The van der Waals surface area contributed by atoms with Gasteiger partial charge >= 0.3 is 0 Å². The standard InChI is InChI=1S/C16H17N7/c1-11-21-12(10-13(22-11)15-17-7-8-18-15)14-4-2-9-23(14)16-19-5-3-6-20-16/h3,5-8,10,14H,2,4,9H2,1H3,(H,17,18)/t14-/m0/s1. The lowest BCUT2D eigenvalue weighted by atomic mass is 10.1. The van der Waals surface area contributed by atoms with Crippen LogP contribution >= 0.6 is 0 Å². The molecule has 1 atom stereocenters. The number of hydrogen-bond donors (Lipinski definition) is 1. The fourth-order valence-corrected chi connectivity index (χ4v) is 3.04. The van der Waals surface area contributed by atoms with Crippen LogP contribution in [0, 0.1) is 6.92 Å². The molecule has 0 unspecified atom stereocenters. The summed E-state index contributed by atoms with van der Waals surface area (Å²) in [5.41, 5.74) is 1.81. The van der Waals surface area contributed by atoms with Crippen LogP contribution in [0.25, 0.3) is 11.5 Å². The second-order valence-corrected chi connectivity index (χ2v) is 5.56. The van der Waals surface area contributed by atoms with Gasteiger partial charge < -0.3 is 9.88 Å². The maximum atomic E-state index is 4.65. The number of aromatic nitrogens is 6. The largest absolute Gasteiger partial charge is 0.343 e. The fraction of sp³-hybridized carbons (Fsp3) is 0.312. The van der Waals surface area contributed by atoms with Gasteiger partial charge in [-0.05, 0) is 31.9 Å². The van der Waals surface area contributed by atoms with Crippen molar-refractivity contribution in [3.63, 3.8) is 0 Å². The highest BCUT2D eigenvalue weighted by Gasteiger charge is 2.29. The number of anilines is 1. The summed E-state index contributed by atoms with van der Waals surface area (Å²) < 4.78 is 0. The predicted molar refractivity (Wildman–Crippen MR) is 85.7 cm³/mol. The van der Waals surface area contributed by atoms with Crippen LogP contribution in [0.4, 0.5) is 5.95 Å². The van der Waals surface area contributed by atoms with Crippen molar-refractivity contribution in [1.82, 2.24) is 29.9 Å². The molecule has 3 aromatic heterocycles. The van der Waals surface area contributed by atoms with E-state index in [9.17, 15) is 0 Å². The highest BCUT2D eigenvalue weighted by molar-refractivity contribution is 5.50. The molecule has 1 N–H and O–H groups in total. The monoisotopic (exact) mass is 307 g/mol. The van der Waals surface area contributed by atoms with Crippen molar-refractivity contribution < 1.29 is 0 Å². The molecule has 7 heteroatoms. The molecule has 1 fully saturated rings. The van der Waals surface area contributed by atoms with Crippen LogP contribution in [0.1, 0.15) is 30.4 Å². The van der Waals surface area contributed by atoms with E-state index in [4.69, 9.17) is 0 Å². The summed E-state index contributed by atoms with van der Waals surface area (Å²) in [5.74, 6) is 2.26. The quantitative estimate of drug-likeness (QED) is 0.799. The number of rotatable bonds is 3. The molecule has 0 aromatic carbocycles. The summed E-state index contributed by atoms with van der Waals surface area (Å²) in [7, 11) is 0. The molecule has 4 heterocycles. The summed E-state index contributed by atoms with van der Waals surface area (Å²) in [6, 6.07) is 4.02. The summed E-state index contributed by atoms with van der Waals surface area (Å²) in [4.78, 5) is 27.5. The summed E-state index contributed by atoms with van der Waals surface area (Å²) in [5, 5.41) is 0. The van der Waals surface area contributed by atoms with Crippen molar-refractivity contribution in [2.75, 3.05) is 11.4 Å². The van der Waals surface area contributed by atoms with E-state index in [-0.39, 0.29) is 6.04 Å². The molecular weight excluding hydrogens is 290 g/mol. The summed E-state index contributed by atoms with van der Waals surface area (Å²) in [6.45, 7) is 2.85. The highest BCUT2D eigenvalue weighted by Crippen LogP contribution is 2.34. The van der Waals surface area contributed by atoms with E-state index in [0.717, 1.165) is 48.4 Å². The van der Waals surface area contributed by atoms with Crippen LogP contribution in [-0.2, 0) is 0 Å². The molecular formula is C16H17N7. The van der Waals surface area contributed by atoms with E-state index in [2.05, 4.69) is 34.8 Å². The number of nitrogens with one attached hydrogen (secondary N) is 1. The van der Waals surface area contributed by atoms with Gasteiger partial charge in [0.1, 0.15) is 11.5 Å². The van der Waals surface area contributed by atoms with Gasteiger partial charge in [-0.3, -0.25) is 0 Å². The van der Waals surface area contributed by atoms with Crippen molar-refractivity contribution in [1.29, 1.82) is 0 Å². The van der Waals surface area contributed by atoms with Crippen molar-refractivity contribution in [2.24, 2.45) is 0 Å². The number of hydrogen-bond acceptors (Lipinski definition) is 6. The zero-order chi connectivity index (χ0) is 15.6. The molecule has 1 saturated heterocycles. The van der Waals surface area contributed by atoms with Crippen molar-refractivity contribution in [3.05, 3.63) is 48.4 Å². The molecule has 1 aliphatic rings. The molecule has 23 heavy (non-hydrogen) atoms. The Labute approximate surface area is 133 Å². The molecule has 0 amide bonds. The Morgan fingerprint density at radius 3 is 2.78 bits per heavy atom. The first-order valence-electron chi connectivity index (χ1n) is 7.70. The van der Waals surface area contributed by atoms with Crippen LogP contribution in [0.15, 0.2) is 36.9 Å². The van der Waals surface area contributed by atoms with Gasteiger partial charge in [0, 0.05) is 31.3 Å². The minimum atomic E-state index is 0.174. The smallest absolute Gasteiger partial charge is 0.225 e. The molecule has 0 aliphatic carbocycles. The minimum absolute atomic E-state index is 0.174. The van der Waals surface area contributed by atoms with E-state index in [1.165, 1.54) is 0 Å². The van der Waals surface area contributed by atoms with E-state index < -0.39 is 0 Å². The third kappa shape index (κ3) is 2.65. The van der Waals surface area contributed by atoms with Gasteiger partial charge in [0.15, 0.2) is 5.82 Å². The van der Waals surface area contributed by atoms with Crippen molar-refractivity contribution >= 4 is 5.95 Å². The lowest BCUT2D eigenvalue weighted by Crippen LogP contribution is -2.25. The van der Waals surface area contributed by atoms with E-state index in [1.54, 1.807) is 24.8 Å². The zero-order valence-electron chi connectivity index (χ0n) is 12.8. The molecule has 0 spiro atoms. The van der Waals surface area contributed by atoms with Gasteiger partial charge in [-0.1, -0.05) is 0 Å². The van der Waals surface area contributed by atoms with Gasteiger partial charge in [0.2, 0.25) is 5.95 Å². The summed E-state index contributed by atoms with van der Waals surface area (Å²) >= 11 is 0. The minimum Gasteiger partial charge on any atom is -0.343 e. The van der Waals surface area contributed by atoms with Crippen LogP contribution in [0.5, 0.6) is 0 Å². The Balaban J connectivity index is 1.72. The maximum Gasteiger partial charge on any atom is 0.225 e. The molecule has 0 bridgehead atoms. The SMILES string of the molecule is Cc1nc(-c2ncc[nH]2)cc([C@@H]2CCCN2c2ncccn2)n1. The van der Waals surface area contributed by atoms with Crippen LogP contribution in [0.2, 0.25) is 0 Å². The first-order chi connectivity index (χ1) is 11.3. The van der Waals surface area contributed by atoms with Gasteiger partial charge in [0.25, 0.3) is 0 Å². The second kappa shape index (κ2) is 5.75. The number of aromatic amines is 1. The molecule has 7 nitrogen and oxygen atoms in total. The van der Waals surface area contributed by atoms with E-state index in [1.807, 2.05) is 19.1 Å². The topological polar surface area (TPSA) is 83.5 Å². The highest BCUT2D eigenvalue weighted by atomic mass is 15.3. The fourth-order valence-electron chi connectivity index (χ4n) is 3.04.